The number of ketones is 1. The second-order valence-electron chi connectivity index (χ2n) is 11.5. The van der Waals surface area contributed by atoms with Gasteiger partial charge in [0.1, 0.15) is 11.6 Å². The van der Waals surface area contributed by atoms with Gasteiger partial charge in [-0.25, -0.2) is 10.2 Å². The topological polar surface area (TPSA) is 109 Å². The summed E-state index contributed by atoms with van der Waals surface area (Å²) in [5.41, 5.74) is 8.09. The molecular weight excluding hydrogens is 531 g/mol. The van der Waals surface area contributed by atoms with Gasteiger partial charge in [-0.2, -0.15) is 5.10 Å². The predicted octanol–water partition coefficient (Wildman–Crippen LogP) is 3.85. The number of aryl methyl sites for hydroxylation is 1. The molecule has 0 amide bonds. The summed E-state index contributed by atoms with van der Waals surface area (Å²) in [4.78, 5) is 16.7. The number of likely N-dealkylation sites (N-methyl/N-ethyl adjacent to an activating group) is 1. The van der Waals surface area contributed by atoms with E-state index in [1.54, 1.807) is 37.5 Å². The first-order valence-electron chi connectivity index (χ1n) is 14.9. The quantitative estimate of drug-likeness (QED) is 0.144. The Morgan fingerprint density at radius 1 is 1.33 bits per heavy atom. The van der Waals surface area contributed by atoms with E-state index in [4.69, 9.17) is 11.6 Å². The van der Waals surface area contributed by atoms with Gasteiger partial charge in [0.2, 0.25) is 0 Å². The summed E-state index contributed by atoms with van der Waals surface area (Å²) < 4.78 is 18.3. The van der Waals surface area contributed by atoms with Crippen molar-refractivity contribution in [3.05, 3.63) is 72.1 Å². The zero-order chi connectivity index (χ0) is 31.3. The van der Waals surface area contributed by atoms with Gasteiger partial charge in [-0.05, 0) is 83.8 Å². The number of Topliss-reactive ketones (excluding diaryl/α,β-unsaturated/α-hetero) is 1. The molecule has 0 spiro atoms. The van der Waals surface area contributed by atoms with Crippen LogP contribution in [0.2, 0.25) is 0 Å². The normalized spacial score (nSPS) is 18.3. The minimum atomic E-state index is -1.16. The highest BCUT2D eigenvalue weighted by atomic mass is 19.1. The van der Waals surface area contributed by atoms with Gasteiger partial charge in [0, 0.05) is 63.8 Å². The van der Waals surface area contributed by atoms with Crippen LogP contribution in [0.4, 0.5) is 4.39 Å². The Hall–Kier alpha value is -3.05. The molecule has 5 N–H and O–H groups in total. The molecule has 42 heavy (non-hydrogen) atoms. The molecular formula is C32H53FN8O. The Balaban J connectivity index is 2.39. The lowest BCUT2D eigenvalue weighted by Gasteiger charge is -2.34. The van der Waals surface area contributed by atoms with Crippen LogP contribution in [-0.4, -0.2) is 89.3 Å². The molecule has 2 heterocycles. The summed E-state index contributed by atoms with van der Waals surface area (Å²) in [6.45, 7) is 17.2. The van der Waals surface area contributed by atoms with E-state index < -0.39 is 5.54 Å². The van der Waals surface area contributed by atoms with Gasteiger partial charge in [0.25, 0.3) is 0 Å². The number of hydrogen-bond donors (Lipinski definition) is 3. The summed E-state index contributed by atoms with van der Waals surface area (Å²) in [6.07, 6.45) is 12.3. The number of nitrogens with zero attached hydrogens (tertiary/aromatic N) is 5. The number of rotatable bonds is 17. The van der Waals surface area contributed by atoms with E-state index >= 15 is 4.39 Å². The number of hydrogen-bond acceptors (Lipinski definition) is 8. The number of carbonyl (C=O) groups excluding carboxylic acids is 1. The van der Waals surface area contributed by atoms with Crippen LogP contribution in [0.25, 0.3) is 5.57 Å². The van der Waals surface area contributed by atoms with Crippen LogP contribution in [0.5, 0.6) is 0 Å². The van der Waals surface area contributed by atoms with Gasteiger partial charge >= 0.3 is 0 Å². The van der Waals surface area contributed by atoms with Crippen LogP contribution < -0.4 is 16.9 Å². The smallest absolute Gasteiger partial charge is 0.143 e. The van der Waals surface area contributed by atoms with E-state index in [1.165, 1.54) is 6.92 Å². The fourth-order valence-electron chi connectivity index (χ4n) is 5.26. The molecule has 1 aromatic heterocycles. The lowest BCUT2D eigenvalue weighted by molar-refractivity contribution is -0.116. The molecule has 10 heteroatoms. The van der Waals surface area contributed by atoms with Crippen LogP contribution >= 0.6 is 0 Å². The zero-order valence-corrected chi connectivity index (χ0v) is 26.6. The van der Waals surface area contributed by atoms with Crippen molar-refractivity contribution in [2.75, 3.05) is 53.4 Å². The van der Waals surface area contributed by atoms with Gasteiger partial charge in [-0.3, -0.25) is 14.8 Å². The Morgan fingerprint density at radius 2 is 2.02 bits per heavy atom. The molecule has 234 valence electrons. The molecule has 9 nitrogen and oxygen atoms in total. The van der Waals surface area contributed by atoms with Gasteiger partial charge in [0.15, 0.2) is 0 Å². The van der Waals surface area contributed by atoms with E-state index in [0.29, 0.717) is 13.0 Å². The van der Waals surface area contributed by atoms with Crippen LogP contribution in [0.15, 0.2) is 66.4 Å². The van der Waals surface area contributed by atoms with E-state index in [0.717, 1.165) is 61.7 Å². The summed E-state index contributed by atoms with van der Waals surface area (Å²) in [6, 6.07) is 1.88. The third kappa shape index (κ3) is 10.7. The number of hydrazine groups is 1. The highest BCUT2D eigenvalue weighted by molar-refractivity contribution is 5.77. The SMILES string of the molecule is C=C(CC(C)(NCC(C)=O)\C(F)=C/C(=C\C=C\C)CC(CCN1CCN(C)CC1)/C(=C/N)N(C)N)c1ccnn1CC. The van der Waals surface area contributed by atoms with Crippen molar-refractivity contribution in [3.8, 4) is 0 Å². The predicted molar refractivity (Wildman–Crippen MR) is 172 cm³/mol. The van der Waals surface area contributed by atoms with Crippen molar-refractivity contribution in [2.24, 2.45) is 17.5 Å². The highest BCUT2D eigenvalue weighted by Crippen LogP contribution is 2.33. The Kier molecular flexibility index (Phi) is 14.4. The number of allylic oxidation sites excluding steroid dienone is 6. The van der Waals surface area contributed by atoms with Crippen LogP contribution in [0.1, 0.15) is 52.7 Å². The Morgan fingerprint density at radius 3 is 2.60 bits per heavy atom. The van der Waals surface area contributed by atoms with E-state index in [9.17, 15) is 4.79 Å². The third-order valence-electron chi connectivity index (χ3n) is 7.88. The first kappa shape index (κ1) is 35.1. The first-order valence-corrected chi connectivity index (χ1v) is 14.9. The van der Waals surface area contributed by atoms with E-state index in [1.807, 2.05) is 42.8 Å². The molecule has 1 saturated heterocycles. The third-order valence-corrected chi connectivity index (χ3v) is 7.88. The fraction of sp³-hybridized carbons (Fsp3) is 0.562. The molecule has 1 fully saturated rings. The van der Waals surface area contributed by atoms with Crippen LogP contribution in [0, 0.1) is 5.92 Å². The second kappa shape index (κ2) is 17.2. The van der Waals surface area contributed by atoms with Gasteiger partial charge in [-0.1, -0.05) is 24.8 Å². The summed E-state index contributed by atoms with van der Waals surface area (Å²) in [5.74, 6) is 5.73. The van der Waals surface area contributed by atoms with Gasteiger partial charge in [0.05, 0.1) is 17.8 Å². The van der Waals surface area contributed by atoms with Crippen molar-refractivity contribution in [1.29, 1.82) is 0 Å². The maximum atomic E-state index is 16.4. The molecule has 1 aliphatic heterocycles. The average molecular weight is 585 g/mol. The van der Waals surface area contributed by atoms with Crippen LogP contribution in [0.3, 0.4) is 0 Å². The zero-order valence-electron chi connectivity index (χ0n) is 26.6. The van der Waals surface area contributed by atoms with Crippen molar-refractivity contribution in [3.63, 3.8) is 0 Å². The fourth-order valence-corrected chi connectivity index (χ4v) is 5.26. The van der Waals surface area contributed by atoms with Crippen LogP contribution in [-0.2, 0) is 11.3 Å². The number of nitrogens with one attached hydrogen (secondary N) is 1. The molecule has 1 aromatic rings. The molecule has 2 rings (SSSR count). The number of piperazine rings is 1. The van der Waals surface area contributed by atoms with Gasteiger partial charge in [-0.15, -0.1) is 0 Å². The van der Waals surface area contributed by atoms with Gasteiger partial charge < -0.3 is 20.5 Å². The molecule has 0 aliphatic carbocycles. The lowest BCUT2D eigenvalue weighted by Crippen LogP contribution is -2.45. The van der Waals surface area contributed by atoms with E-state index in [2.05, 4.69) is 33.8 Å². The number of aromatic nitrogens is 2. The summed E-state index contributed by atoms with van der Waals surface area (Å²) in [5, 5.41) is 9.06. The minimum absolute atomic E-state index is 0.0180. The first-order chi connectivity index (χ1) is 19.9. The number of nitrogens with two attached hydrogens (primary N) is 2. The second-order valence-corrected chi connectivity index (χ2v) is 11.5. The number of halogens is 1. The number of carbonyl (C=O) groups is 1. The highest BCUT2D eigenvalue weighted by Gasteiger charge is 2.32. The molecule has 2 atom stereocenters. The van der Waals surface area contributed by atoms with Crippen molar-refractivity contribution in [2.45, 2.75) is 59.0 Å². The monoisotopic (exact) mass is 584 g/mol. The maximum absolute atomic E-state index is 16.4. The average Bonchev–Trinajstić information content (AvgIpc) is 3.43. The van der Waals surface area contributed by atoms with Crippen molar-refractivity contribution < 1.29 is 9.18 Å². The van der Waals surface area contributed by atoms with E-state index in [-0.39, 0.29) is 30.5 Å². The van der Waals surface area contributed by atoms with Crippen molar-refractivity contribution >= 4 is 11.4 Å². The molecule has 0 bridgehead atoms. The Labute approximate surface area is 252 Å². The largest absolute Gasteiger partial charge is 0.403 e. The lowest BCUT2D eigenvalue weighted by atomic mass is 9.87. The molecule has 0 aromatic carbocycles. The summed E-state index contributed by atoms with van der Waals surface area (Å²) >= 11 is 0. The standard InChI is InChI=1S/C32H53FN8O/c1-8-10-11-27(20-28(30(23-34)39(7)35)13-15-40-18-16-38(6)17-19-40)21-31(33)32(5,36-24-26(4)42)22-25(3)29-12-14-37-41(29)9-2/h8,10-12,14,21,23,28,36H,3,9,13,15-20,22,24,34-35H2,1-2,4-7H3/b10-8+,27-11-,30-23-,31-21+. The molecule has 2 unspecified atom stereocenters. The minimum Gasteiger partial charge on any atom is -0.403 e. The van der Waals surface area contributed by atoms with Crippen molar-refractivity contribution in [1.82, 2.24) is 29.9 Å². The molecule has 0 radical (unpaired) electrons. The Bertz CT molecular complexity index is 1140. The molecule has 0 saturated carbocycles. The molecule has 1 aliphatic rings. The summed E-state index contributed by atoms with van der Waals surface area (Å²) in [7, 11) is 3.92. The maximum Gasteiger partial charge on any atom is 0.143 e.